The van der Waals surface area contributed by atoms with Crippen molar-refractivity contribution in [3.05, 3.63) is 87.2 Å². The quantitative estimate of drug-likeness (QED) is 0.319. The number of allylic oxidation sites excluding steroid dienone is 1. The largest absolute Gasteiger partial charge is 0.494 e. The zero-order chi connectivity index (χ0) is 21.0. The molecule has 6 nitrogen and oxygen atoms in total. The van der Waals surface area contributed by atoms with Crippen LogP contribution in [0.1, 0.15) is 29.4 Å². The maximum Gasteiger partial charge on any atom is 0.269 e. The summed E-state index contributed by atoms with van der Waals surface area (Å²) in [7, 11) is 0. The number of hydrogen-bond donors (Lipinski definition) is 0. The second kappa shape index (κ2) is 8.44. The second-order valence-corrected chi connectivity index (χ2v) is 6.56. The summed E-state index contributed by atoms with van der Waals surface area (Å²) < 4.78 is 7.62. The molecule has 0 bridgehead atoms. The van der Waals surface area contributed by atoms with Crippen LogP contribution in [0.25, 0.3) is 17.3 Å². The van der Waals surface area contributed by atoms with Gasteiger partial charge in [-0.15, -0.1) is 0 Å². The summed E-state index contributed by atoms with van der Waals surface area (Å²) >= 11 is 0. The van der Waals surface area contributed by atoms with E-state index >= 15 is 0 Å². The molecule has 0 fully saturated rings. The third kappa shape index (κ3) is 4.19. The van der Waals surface area contributed by atoms with Gasteiger partial charge in [-0.05, 0) is 80.4 Å². The van der Waals surface area contributed by atoms with E-state index in [9.17, 15) is 15.4 Å². The number of nitrogens with zero attached hydrogens (tertiary/aromatic N) is 3. The molecule has 0 unspecified atom stereocenters. The fraction of sp³-hybridized carbons (Fsp3) is 0.174. The van der Waals surface area contributed by atoms with Crippen molar-refractivity contribution in [2.45, 2.75) is 20.8 Å². The monoisotopic (exact) mass is 387 g/mol. The van der Waals surface area contributed by atoms with E-state index in [4.69, 9.17) is 4.74 Å². The van der Waals surface area contributed by atoms with Crippen LogP contribution in [0.3, 0.4) is 0 Å². The number of nitriles is 1. The van der Waals surface area contributed by atoms with Crippen molar-refractivity contribution < 1.29 is 9.66 Å². The Hall–Kier alpha value is -3.85. The smallest absolute Gasteiger partial charge is 0.269 e. The van der Waals surface area contributed by atoms with Crippen LogP contribution in [0.15, 0.2) is 54.6 Å². The maximum absolute atomic E-state index is 10.8. The minimum atomic E-state index is -0.454. The molecule has 0 aliphatic carbocycles. The Labute approximate surface area is 169 Å². The number of rotatable bonds is 6. The van der Waals surface area contributed by atoms with Gasteiger partial charge < -0.3 is 9.30 Å². The predicted molar refractivity (Wildman–Crippen MR) is 113 cm³/mol. The highest BCUT2D eigenvalue weighted by atomic mass is 16.6. The lowest BCUT2D eigenvalue weighted by molar-refractivity contribution is -0.384. The van der Waals surface area contributed by atoms with E-state index < -0.39 is 4.92 Å². The molecule has 0 aliphatic heterocycles. The molecule has 0 aliphatic rings. The van der Waals surface area contributed by atoms with E-state index in [1.54, 1.807) is 12.1 Å². The molecule has 2 aromatic carbocycles. The predicted octanol–water partition coefficient (Wildman–Crippen LogP) is 5.47. The fourth-order valence-corrected chi connectivity index (χ4v) is 3.29. The fourth-order valence-electron chi connectivity index (χ4n) is 3.29. The van der Waals surface area contributed by atoms with Gasteiger partial charge in [0.15, 0.2) is 0 Å². The summed E-state index contributed by atoms with van der Waals surface area (Å²) in [5.74, 6) is 0.823. The van der Waals surface area contributed by atoms with Gasteiger partial charge >= 0.3 is 0 Å². The summed E-state index contributed by atoms with van der Waals surface area (Å²) in [6.45, 7) is 6.58. The van der Waals surface area contributed by atoms with Crippen molar-refractivity contribution >= 4 is 17.3 Å². The molecule has 0 saturated carbocycles. The Kier molecular flexibility index (Phi) is 5.79. The van der Waals surface area contributed by atoms with Crippen LogP contribution >= 0.6 is 0 Å². The van der Waals surface area contributed by atoms with Crippen LogP contribution < -0.4 is 4.74 Å². The molecule has 146 valence electrons. The Bertz CT molecular complexity index is 1100. The molecule has 0 amide bonds. The van der Waals surface area contributed by atoms with E-state index in [0.717, 1.165) is 28.4 Å². The lowest BCUT2D eigenvalue weighted by Gasteiger charge is -2.11. The number of benzene rings is 2. The first-order chi connectivity index (χ1) is 13.9. The summed E-state index contributed by atoms with van der Waals surface area (Å²) in [5.41, 5.74) is 5.07. The molecule has 0 N–H and O–H groups in total. The van der Waals surface area contributed by atoms with Gasteiger partial charge in [-0.2, -0.15) is 5.26 Å². The zero-order valence-electron chi connectivity index (χ0n) is 16.5. The van der Waals surface area contributed by atoms with E-state index in [1.807, 2.05) is 57.2 Å². The molecule has 3 aromatic rings. The minimum absolute atomic E-state index is 0.000262. The number of ether oxygens (including phenoxy) is 1. The molecule has 3 rings (SSSR count). The van der Waals surface area contributed by atoms with Gasteiger partial charge in [-0.1, -0.05) is 0 Å². The van der Waals surface area contributed by atoms with Gasteiger partial charge in [0.05, 0.1) is 23.2 Å². The summed E-state index contributed by atoms with van der Waals surface area (Å²) in [5, 5.41) is 20.4. The molecule has 6 heteroatoms. The van der Waals surface area contributed by atoms with Gasteiger partial charge in [0.2, 0.25) is 0 Å². The Morgan fingerprint density at radius 3 is 2.38 bits per heavy atom. The van der Waals surface area contributed by atoms with Crippen LogP contribution in [-0.4, -0.2) is 16.1 Å². The highest BCUT2D eigenvalue weighted by molar-refractivity contribution is 5.90. The van der Waals surface area contributed by atoms with Crippen molar-refractivity contribution in [2.24, 2.45) is 0 Å². The van der Waals surface area contributed by atoms with Crippen molar-refractivity contribution in [1.82, 2.24) is 4.57 Å². The van der Waals surface area contributed by atoms with Crippen LogP contribution in [0.4, 0.5) is 5.69 Å². The highest BCUT2D eigenvalue weighted by Gasteiger charge is 2.12. The lowest BCUT2D eigenvalue weighted by Crippen LogP contribution is -1.99. The average Bonchev–Trinajstić information content (AvgIpc) is 3.00. The van der Waals surface area contributed by atoms with Gasteiger partial charge in [-0.3, -0.25) is 10.1 Å². The van der Waals surface area contributed by atoms with Crippen LogP contribution in [0.5, 0.6) is 5.75 Å². The molecular weight excluding hydrogens is 366 g/mol. The van der Waals surface area contributed by atoms with Crippen LogP contribution in [-0.2, 0) is 0 Å². The first-order valence-electron chi connectivity index (χ1n) is 9.23. The zero-order valence-corrected chi connectivity index (χ0v) is 16.5. The molecular formula is C23H21N3O3. The van der Waals surface area contributed by atoms with Crippen molar-refractivity contribution in [2.75, 3.05) is 6.61 Å². The summed E-state index contributed by atoms with van der Waals surface area (Å²) in [4.78, 5) is 10.4. The molecule has 0 saturated heterocycles. The molecule has 0 spiro atoms. The summed E-state index contributed by atoms with van der Waals surface area (Å²) in [6.07, 6.45) is 1.81. The topological polar surface area (TPSA) is 81.1 Å². The third-order valence-electron chi connectivity index (χ3n) is 4.69. The molecule has 1 aromatic heterocycles. The van der Waals surface area contributed by atoms with Crippen LogP contribution in [0.2, 0.25) is 0 Å². The van der Waals surface area contributed by atoms with Crippen molar-refractivity contribution in [3.8, 4) is 17.5 Å². The Morgan fingerprint density at radius 2 is 1.83 bits per heavy atom. The third-order valence-corrected chi connectivity index (χ3v) is 4.69. The van der Waals surface area contributed by atoms with Crippen molar-refractivity contribution in [3.63, 3.8) is 0 Å². The molecule has 1 heterocycles. The maximum atomic E-state index is 10.8. The van der Waals surface area contributed by atoms with E-state index in [2.05, 4.69) is 10.6 Å². The standard InChI is InChI=1S/C23H21N3O3/c1-4-29-23-11-9-21(10-12-23)25-16(2)13-19(17(25)3)14-20(15-24)18-5-7-22(8-6-18)26(27)28/h5-14H,4H2,1-3H3/b20-14+. The normalized spacial score (nSPS) is 11.2. The van der Waals surface area contributed by atoms with Crippen molar-refractivity contribution in [1.29, 1.82) is 5.26 Å². The Morgan fingerprint density at radius 1 is 1.17 bits per heavy atom. The van der Waals surface area contributed by atoms with Gasteiger partial charge in [-0.25, -0.2) is 0 Å². The number of hydrogen-bond acceptors (Lipinski definition) is 4. The first-order valence-corrected chi connectivity index (χ1v) is 9.23. The number of nitro groups is 1. The lowest BCUT2D eigenvalue weighted by atomic mass is 10.0. The Balaban J connectivity index is 1.97. The SMILES string of the molecule is CCOc1ccc(-n2c(C)cc(/C=C(\C#N)c3ccc([N+](=O)[O-])cc3)c2C)cc1. The second-order valence-electron chi connectivity index (χ2n) is 6.56. The van der Waals surface area contributed by atoms with E-state index in [0.29, 0.717) is 17.7 Å². The highest BCUT2D eigenvalue weighted by Crippen LogP contribution is 2.27. The molecule has 0 atom stereocenters. The van der Waals surface area contributed by atoms with Gasteiger partial charge in [0, 0.05) is 29.2 Å². The van der Waals surface area contributed by atoms with Crippen LogP contribution in [0, 0.1) is 35.3 Å². The summed E-state index contributed by atoms with van der Waals surface area (Å²) in [6, 6.07) is 18.1. The minimum Gasteiger partial charge on any atom is -0.494 e. The number of non-ortho nitro benzene ring substituents is 1. The average molecular weight is 387 g/mol. The first kappa shape index (κ1) is 19.9. The number of aryl methyl sites for hydroxylation is 1. The van der Waals surface area contributed by atoms with E-state index in [-0.39, 0.29) is 5.69 Å². The van der Waals surface area contributed by atoms with Gasteiger partial charge in [0.25, 0.3) is 5.69 Å². The molecule has 0 radical (unpaired) electrons. The van der Waals surface area contributed by atoms with E-state index in [1.165, 1.54) is 12.1 Å². The molecule has 29 heavy (non-hydrogen) atoms. The van der Waals surface area contributed by atoms with Gasteiger partial charge in [0.1, 0.15) is 5.75 Å². The number of aromatic nitrogens is 1. The number of nitro benzene ring substituents is 1.